The van der Waals surface area contributed by atoms with Crippen molar-refractivity contribution in [2.45, 2.75) is 52.6 Å². The lowest BCUT2D eigenvalue weighted by molar-refractivity contribution is -0.211. The number of aromatic nitrogens is 2. The molecule has 3 aromatic rings. The van der Waals surface area contributed by atoms with E-state index < -0.39 is 11.6 Å². The molecule has 0 saturated carbocycles. The molecule has 2 aromatic carbocycles. The predicted molar refractivity (Wildman–Crippen MR) is 107 cm³/mol. The van der Waals surface area contributed by atoms with Gasteiger partial charge < -0.3 is 0 Å². The van der Waals surface area contributed by atoms with Gasteiger partial charge in [-0.25, -0.2) is 9.97 Å². The minimum Gasteiger partial charge on any atom is -0.241 e. The average Bonchev–Trinajstić information content (AvgIpc) is 2.59. The number of nitrogens with zero attached hydrogens (tertiary/aromatic N) is 2. The minimum atomic E-state index is -4.29. The number of hydrogen-bond acceptors (Lipinski definition) is 2. The number of halogens is 3. The highest BCUT2D eigenvalue weighted by Crippen LogP contribution is 2.40. The minimum absolute atomic E-state index is 0.0796. The number of fused-ring (bicyclic) bond motifs is 1. The molecule has 0 N–H and O–H groups in total. The maximum atomic E-state index is 13.3. The summed E-state index contributed by atoms with van der Waals surface area (Å²) in [7, 11) is 0. The van der Waals surface area contributed by atoms with Crippen molar-refractivity contribution in [2.75, 3.05) is 0 Å². The Morgan fingerprint density at radius 3 is 2.18 bits per heavy atom. The first-order valence-electron chi connectivity index (χ1n) is 9.30. The lowest BCUT2D eigenvalue weighted by Crippen LogP contribution is -2.34. The van der Waals surface area contributed by atoms with Gasteiger partial charge in [-0.1, -0.05) is 58.9 Å². The van der Waals surface area contributed by atoms with E-state index in [0.29, 0.717) is 11.4 Å². The molecule has 148 valence electrons. The van der Waals surface area contributed by atoms with Crippen LogP contribution in [0.4, 0.5) is 13.2 Å². The molecule has 1 aromatic heterocycles. The summed E-state index contributed by atoms with van der Waals surface area (Å²) >= 11 is 0. The van der Waals surface area contributed by atoms with Gasteiger partial charge in [-0.15, -0.1) is 0 Å². The topological polar surface area (TPSA) is 25.8 Å². The van der Waals surface area contributed by atoms with E-state index >= 15 is 0 Å². The van der Waals surface area contributed by atoms with E-state index in [-0.39, 0.29) is 11.8 Å². The lowest BCUT2D eigenvalue weighted by Gasteiger charge is -2.27. The van der Waals surface area contributed by atoms with E-state index in [1.807, 2.05) is 24.3 Å². The van der Waals surface area contributed by atoms with Crippen molar-refractivity contribution in [1.29, 1.82) is 0 Å². The van der Waals surface area contributed by atoms with Crippen molar-refractivity contribution in [3.63, 3.8) is 0 Å². The summed E-state index contributed by atoms with van der Waals surface area (Å²) in [4.78, 5) is 8.43. The molecule has 0 unspecified atom stereocenters. The van der Waals surface area contributed by atoms with Crippen molar-refractivity contribution in [3.05, 3.63) is 60.0 Å². The highest BCUT2D eigenvalue weighted by atomic mass is 19.4. The van der Waals surface area contributed by atoms with Gasteiger partial charge in [-0.2, -0.15) is 13.2 Å². The van der Waals surface area contributed by atoms with E-state index in [9.17, 15) is 13.2 Å². The Kier molecular flexibility index (Phi) is 4.98. The van der Waals surface area contributed by atoms with Crippen molar-refractivity contribution in [1.82, 2.24) is 9.97 Å². The van der Waals surface area contributed by atoms with E-state index in [0.717, 1.165) is 10.9 Å². The summed E-state index contributed by atoms with van der Waals surface area (Å²) in [6.45, 7) is 8.84. The predicted octanol–water partition coefficient (Wildman–Crippen LogP) is 6.73. The van der Waals surface area contributed by atoms with Crippen molar-refractivity contribution >= 4 is 10.8 Å². The van der Waals surface area contributed by atoms with Gasteiger partial charge in [0, 0.05) is 17.7 Å². The molecule has 0 bridgehead atoms. The molecule has 0 atom stereocenters. The van der Waals surface area contributed by atoms with Gasteiger partial charge in [0.1, 0.15) is 6.33 Å². The summed E-state index contributed by atoms with van der Waals surface area (Å²) in [5.74, 6) is 0. The third-order valence-electron chi connectivity index (χ3n) is 5.08. The Balaban J connectivity index is 2.09. The monoisotopic (exact) mass is 386 g/mol. The zero-order valence-corrected chi connectivity index (χ0v) is 16.9. The van der Waals surface area contributed by atoms with Crippen molar-refractivity contribution in [3.8, 4) is 11.3 Å². The van der Waals surface area contributed by atoms with Crippen LogP contribution in [-0.4, -0.2) is 16.1 Å². The van der Waals surface area contributed by atoms with Gasteiger partial charge in [0.2, 0.25) is 0 Å². The maximum absolute atomic E-state index is 13.3. The highest BCUT2D eigenvalue weighted by molar-refractivity contribution is 5.90. The molecule has 0 amide bonds. The zero-order valence-electron chi connectivity index (χ0n) is 16.9. The van der Waals surface area contributed by atoms with Gasteiger partial charge in [0.25, 0.3) is 0 Å². The fourth-order valence-corrected chi connectivity index (χ4v) is 3.28. The molecule has 0 aliphatic heterocycles. The molecule has 0 radical (unpaired) electrons. The van der Waals surface area contributed by atoms with Crippen LogP contribution in [0.25, 0.3) is 22.0 Å². The normalized spacial score (nSPS) is 13.1. The van der Waals surface area contributed by atoms with E-state index in [4.69, 9.17) is 0 Å². The van der Waals surface area contributed by atoms with E-state index in [1.54, 1.807) is 6.07 Å². The van der Waals surface area contributed by atoms with Gasteiger partial charge in [-0.3, -0.25) is 0 Å². The van der Waals surface area contributed by atoms with Crippen molar-refractivity contribution < 1.29 is 13.2 Å². The molecule has 1 heterocycles. The van der Waals surface area contributed by atoms with Crippen LogP contribution in [0.1, 0.15) is 45.9 Å². The standard InChI is InChI=1S/C23H25F3N2/c1-21(2,3)19-11-16(10-15-8-6-7-9-18(15)19)20-12-17(27-14-28-20)13-22(4,5)23(24,25)26/h6-12,14H,13H2,1-5H3. The Hall–Kier alpha value is -2.43. The van der Waals surface area contributed by atoms with Gasteiger partial charge in [0.05, 0.1) is 11.1 Å². The van der Waals surface area contributed by atoms with Crippen LogP contribution >= 0.6 is 0 Å². The number of alkyl halides is 3. The molecule has 0 fully saturated rings. The van der Waals surface area contributed by atoms with Crippen LogP contribution in [0.2, 0.25) is 0 Å². The Bertz CT molecular complexity index is 999. The second kappa shape index (κ2) is 6.87. The van der Waals surface area contributed by atoms with Crippen LogP contribution in [0.5, 0.6) is 0 Å². The van der Waals surface area contributed by atoms with Crippen LogP contribution < -0.4 is 0 Å². The molecule has 2 nitrogen and oxygen atoms in total. The van der Waals surface area contributed by atoms with Crippen LogP contribution in [0, 0.1) is 5.41 Å². The quantitative estimate of drug-likeness (QED) is 0.499. The molecule has 5 heteroatoms. The fourth-order valence-electron chi connectivity index (χ4n) is 3.28. The first kappa shape index (κ1) is 20.3. The second-order valence-corrected chi connectivity index (χ2v) is 8.95. The first-order chi connectivity index (χ1) is 12.9. The van der Waals surface area contributed by atoms with Crippen LogP contribution in [0.3, 0.4) is 0 Å². The second-order valence-electron chi connectivity index (χ2n) is 8.95. The molecule has 3 rings (SSSR count). The van der Waals surface area contributed by atoms with E-state index in [1.165, 1.54) is 31.1 Å². The molecular formula is C23H25F3N2. The van der Waals surface area contributed by atoms with Gasteiger partial charge in [0.15, 0.2) is 0 Å². The molecule has 0 saturated heterocycles. The highest BCUT2D eigenvalue weighted by Gasteiger charge is 2.47. The largest absolute Gasteiger partial charge is 0.394 e. The Morgan fingerprint density at radius 1 is 0.857 bits per heavy atom. The third-order valence-corrected chi connectivity index (χ3v) is 5.08. The summed E-state index contributed by atoms with van der Waals surface area (Å²) in [6.07, 6.45) is -3.13. The molecule has 0 spiro atoms. The molecular weight excluding hydrogens is 361 g/mol. The third kappa shape index (κ3) is 4.03. The van der Waals surface area contributed by atoms with Gasteiger partial charge >= 0.3 is 6.18 Å². The van der Waals surface area contributed by atoms with Crippen LogP contribution in [0.15, 0.2) is 48.8 Å². The molecule has 0 aliphatic carbocycles. The van der Waals surface area contributed by atoms with Crippen molar-refractivity contribution in [2.24, 2.45) is 5.41 Å². The summed E-state index contributed by atoms with van der Waals surface area (Å²) in [6, 6.07) is 13.9. The average molecular weight is 386 g/mol. The smallest absolute Gasteiger partial charge is 0.241 e. The molecule has 28 heavy (non-hydrogen) atoms. The zero-order chi connectivity index (χ0) is 20.7. The number of benzene rings is 2. The molecule has 0 aliphatic rings. The SMILES string of the molecule is CC(C)(C)c1cc(-c2cc(CC(C)(C)C(F)(F)F)ncn2)cc2ccccc12. The number of rotatable bonds is 3. The Morgan fingerprint density at radius 2 is 1.54 bits per heavy atom. The van der Waals surface area contributed by atoms with Crippen LogP contribution in [-0.2, 0) is 11.8 Å². The van der Waals surface area contributed by atoms with E-state index in [2.05, 4.69) is 42.9 Å². The maximum Gasteiger partial charge on any atom is 0.394 e. The summed E-state index contributed by atoms with van der Waals surface area (Å²) in [5, 5.41) is 2.26. The lowest BCUT2D eigenvalue weighted by atomic mass is 9.82. The summed E-state index contributed by atoms with van der Waals surface area (Å²) in [5.41, 5.74) is 1.16. The fraction of sp³-hybridized carbons (Fsp3) is 0.391. The van der Waals surface area contributed by atoms with Gasteiger partial charge in [-0.05, 0) is 39.9 Å². The Labute approximate surface area is 163 Å². The summed E-state index contributed by atoms with van der Waals surface area (Å²) < 4.78 is 39.8. The first-order valence-corrected chi connectivity index (χ1v) is 9.30. The number of hydrogen-bond donors (Lipinski definition) is 0.